The summed E-state index contributed by atoms with van der Waals surface area (Å²) in [4.78, 5) is 0. The SMILES string of the molecule is COCC(C)COC.COCC1CO1.COCC1CO1.c1ccc(Cc2ccccc2)cc1.c1ccc(Cc2ccccc2)cc1. The van der Waals surface area contributed by atoms with Crippen LogP contribution in [0.4, 0.5) is 0 Å². The van der Waals surface area contributed by atoms with Crippen molar-refractivity contribution in [3.8, 4) is 0 Å². The minimum Gasteiger partial charge on any atom is -0.384 e. The molecule has 2 heterocycles. The van der Waals surface area contributed by atoms with Crippen LogP contribution in [0, 0.1) is 5.92 Å². The first kappa shape index (κ1) is 38.8. The minimum absolute atomic E-state index is 0.426. The fraction of sp³-hybridized carbons (Fsp3) is 0.400. The summed E-state index contributed by atoms with van der Waals surface area (Å²) in [6.45, 7) is 6.98. The van der Waals surface area contributed by atoms with Gasteiger partial charge in [0.25, 0.3) is 0 Å². The van der Waals surface area contributed by atoms with Crippen LogP contribution in [0.3, 0.4) is 0 Å². The van der Waals surface area contributed by atoms with Gasteiger partial charge in [0.2, 0.25) is 0 Å². The lowest BCUT2D eigenvalue weighted by Gasteiger charge is -2.06. The van der Waals surface area contributed by atoms with Crippen LogP contribution in [0.1, 0.15) is 29.2 Å². The first-order chi connectivity index (χ1) is 22.6. The average molecular weight is 631 g/mol. The standard InChI is InChI=1S/2C13H12.C6H14O2.2C4H8O2/c2*1-3-7-12(8-4-1)11-13-9-5-2-6-10-13;1-6(4-7-2)5-8-3;2*1-5-2-4-3-6-4/h2*1-10H,11H2;6H,4-5H2,1-3H3;2*4H,2-3H2,1H3. The third kappa shape index (κ3) is 21.4. The summed E-state index contributed by atoms with van der Waals surface area (Å²) >= 11 is 0. The Morgan fingerprint density at radius 1 is 0.478 bits per heavy atom. The van der Waals surface area contributed by atoms with Gasteiger partial charge in [-0.2, -0.15) is 0 Å². The van der Waals surface area contributed by atoms with E-state index in [9.17, 15) is 0 Å². The normalized spacial score (nSPS) is 15.3. The zero-order valence-corrected chi connectivity index (χ0v) is 28.4. The molecule has 0 N–H and O–H groups in total. The lowest BCUT2D eigenvalue weighted by molar-refractivity contribution is 0.0933. The molecule has 0 amide bonds. The summed E-state index contributed by atoms with van der Waals surface area (Å²) in [7, 11) is 6.77. The zero-order chi connectivity index (χ0) is 33.1. The molecule has 6 rings (SSSR count). The molecular weight excluding hydrogens is 576 g/mol. The quantitative estimate of drug-likeness (QED) is 0.151. The number of rotatable bonds is 12. The number of epoxide rings is 2. The molecule has 0 aliphatic carbocycles. The first-order valence-electron chi connectivity index (χ1n) is 15.9. The van der Waals surface area contributed by atoms with Crippen LogP contribution >= 0.6 is 0 Å². The summed E-state index contributed by atoms with van der Waals surface area (Å²) in [5, 5.41) is 0. The van der Waals surface area contributed by atoms with E-state index in [1.807, 2.05) is 0 Å². The Bertz CT molecular complexity index is 1030. The molecule has 4 aromatic carbocycles. The van der Waals surface area contributed by atoms with Gasteiger partial charge in [-0.25, -0.2) is 0 Å². The minimum atomic E-state index is 0.426. The van der Waals surface area contributed by atoms with E-state index in [4.69, 9.17) is 28.4 Å². The van der Waals surface area contributed by atoms with Gasteiger partial charge in [0.15, 0.2) is 0 Å². The molecule has 6 nitrogen and oxygen atoms in total. The summed E-state index contributed by atoms with van der Waals surface area (Å²) in [6.07, 6.45) is 2.91. The van der Waals surface area contributed by atoms with Crippen LogP contribution in [0.15, 0.2) is 121 Å². The van der Waals surface area contributed by atoms with E-state index in [1.54, 1.807) is 28.4 Å². The monoisotopic (exact) mass is 630 g/mol. The maximum absolute atomic E-state index is 4.88. The van der Waals surface area contributed by atoms with Crippen LogP contribution in [0.25, 0.3) is 0 Å². The lowest BCUT2D eigenvalue weighted by Crippen LogP contribution is -2.09. The lowest BCUT2D eigenvalue weighted by atomic mass is 10.1. The predicted octanol–water partition coefficient (Wildman–Crippen LogP) is 7.53. The number of hydrogen-bond acceptors (Lipinski definition) is 6. The van der Waals surface area contributed by atoms with Gasteiger partial charge in [-0.3, -0.25) is 0 Å². The van der Waals surface area contributed by atoms with E-state index in [1.165, 1.54) is 22.3 Å². The van der Waals surface area contributed by atoms with Crippen molar-refractivity contribution in [2.45, 2.75) is 32.0 Å². The topological polar surface area (TPSA) is 62.0 Å². The Labute approximate surface area is 277 Å². The van der Waals surface area contributed by atoms with Crippen molar-refractivity contribution in [3.05, 3.63) is 144 Å². The van der Waals surface area contributed by atoms with Crippen molar-refractivity contribution in [1.82, 2.24) is 0 Å². The van der Waals surface area contributed by atoms with Crippen molar-refractivity contribution >= 4 is 0 Å². The number of ether oxygens (including phenoxy) is 6. The number of benzene rings is 4. The smallest absolute Gasteiger partial charge is 0.104 e. The largest absolute Gasteiger partial charge is 0.384 e. The molecule has 2 unspecified atom stereocenters. The Morgan fingerprint density at radius 2 is 0.739 bits per heavy atom. The van der Waals surface area contributed by atoms with Crippen molar-refractivity contribution in [2.75, 3.05) is 68.1 Å². The van der Waals surface area contributed by atoms with Gasteiger partial charge in [0.1, 0.15) is 12.2 Å². The van der Waals surface area contributed by atoms with Crippen LogP contribution in [0.5, 0.6) is 0 Å². The van der Waals surface area contributed by atoms with E-state index in [0.29, 0.717) is 18.1 Å². The fourth-order valence-electron chi connectivity index (χ4n) is 4.17. The highest BCUT2D eigenvalue weighted by molar-refractivity contribution is 5.26. The summed E-state index contributed by atoms with van der Waals surface area (Å²) in [5.74, 6) is 0.519. The van der Waals surface area contributed by atoms with Gasteiger partial charge in [0, 0.05) is 34.4 Å². The molecule has 6 heteroatoms. The number of hydrogen-bond donors (Lipinski definition) is 0. The highest BCUT2D eigenvalue weighted by Crippen LogP contribution is 2.09. The summed E-state index contributed by atoms with van der Waals surface area (Å²) < 4.78 is 28.9. The van der Waals surface area contributed by atoms with E-state index in [-0.39, 0.29) is 0 Å². The Hall–Kier alpha value is -3.36. The fourth-order valence-corrected chi connectivity index (χ4v) is 4.17. The molecule has 250 valence electrons. The van der Waals surface area contributed by atoms with Crippen LogP contribution in [-0.2, 0) is 41.3 Å². The van der Waals surface area contributed by atoms with Crippen LogP contribution < -0.4 is 0 Å². The van der Waals surface area contributed by atoms with E-state index >= 15 is 0 Å². The van der Waals surface area contributed by atoms with Gasteiger partial charge in [0.05, 0.1) is 39.6 Å². The van der Waals surface area contributed by atoms with E-state index < -0.39 is 0 Å². The van der Waals surface area contributed by atoms with Crippen molar-refractivity contribution in [3.63, 3.8) is 0 Å². The molecule has 0 radical (unpaired) electrons. The van der Waals surface area contributed by atoms with Gasteiger partial charge >= 0.3 is 0 Å². The van der Waals surface area contributed by atoms with Crippen molar-refractivity contribution in [2.24, 2.45) is 5.92 Å². The maximum atomic E-state index is 4.88. The molecule has 2 aliphatic heterocycles. The van der Waals surface area contributed by atoms with Gasteiger partial charge < -0.3 is 28.4 Å². The van der Waals surface area contributed by atoms with Crippen LogP contribution in [0.2, 0.25) is 0 Å². The van der Waals surface area contributed by atoms with E-state index in [2.05, 4.69) is 128 Å². The summed E-state index contributed by atoms with van der Waals surface area (Å²) in [6, 6.07) is 42.1. The Kier molecular flexibility index (Phi) is 21.8. The molecule has 2 atom stereocenters. The van der Waals surface area contributed by atoms with Gasteiger partial charge in [-0.05, 0) is 35.1 Å². The van der Waals surface area contributed by atoms with E-state index in [0.717, 1.165) is 52.5 Å². The number of methoxy groups -OCH3 is 4. The Morgan fingerprint density at radius 3 is 0.913 bits per heavy atom. The average Bonchev–Trinajstić information content (AvgIpc) is 4.03. The maximum Gasteiger partial charge on any atom is 0.104 e. The molecule has 2 fully saturated rings. The predicted molar refractivity (Wildman–Crippen MR) is 188 cm³/mol. The molecule has 0 bridgehead atoms. The third-order valence-electron chi connectivity index (χ3n) is 6.60. The second-order valence-corrected chi connectivity index (χ2v) is 11.1. The molecule has 2 aliphatic rings. The van der Waals surface area contributed by atoms with Gasteiger partial charge in [-0.15, -0.1) is 0 Å². The molecule has 46 heavy (non-hydrogen) atoms. The van der Waals surface area contributed by atoms with Gasteiger partial charge in [-0.1, -0.05) is 128 Å². The third-order valence-corrected chi connectivity index (χ3v) is 6.60. The second-order valence-electron chi connectivity index (χ2n) is 11.1. The molecule has 4 aromatic rings. The van der Waals surface area contributed by atoms with Crippen molar-refractivity contribution < 1.29 is 28.4 Å². The molecule has 0 saturated carbocycles. The molecule has 2 saturated heterocycles. The summed E-state index contributed by atoms with van der Waals surface area (Å²) in [5.41, 5.74) is 5.48. The second kappa shape index (κ2) is 25.8. The highest BCUT2D eigenvalue weighted by Gasteiger charge is 2.21. The molecule has 0 aromatic heterocycles. The van der Waals surface area contributed by atoms with Crippen molar-refractivity contribution in [1.29, 1.82) is 0 Å². The molecule has 0 spiro atoms. The molecular formula is C40H54O6. The van der Waals surface area contributed by atoms with Crippen LogP contribution in [-0.4, -0.2) is 80.3 Å². The highest BCUT2D eigenvalue weighted by atomic mass is 16.6. The Balaban J connectivity index is 0.000000209. The zero-order valence-electron chi connectivity index (χ0n) is 28.4. The first-order valence-corrected chi connectivity index (χ1v) is 15.9.